The van der Waals surface area contributed by atoms with Crippen LogP contribution in [-0.2, 0) is 11.8 Å². The monoisotopic (exact) mass is 323 g/mol. The van der Waals surface area contributed by atoms with Gasteiger partial charge in [-0.25, -0.2) is 4.79 Å². The topological polar surface area (TPSA) is 77.0 Å². The van der Waals surface area contributed by atoms with E-state index in [-0.39, 0.29) is 12.2 Å². The first-order chi connectivity index (χ1) is 11.6. The van der Waals surface area contributed by atoms with E-state index in [0.29, 0.717) is 22.5 Å². The molecule has 0 atom stereocenters. The number of aryl methyl sites for hydroxylation is 1. The average Bonchev–Trinajstić information content (AvgIpc) is 2.93. The number of aromatic amines is 1. The van der Waals surface area contributed by atoms with Gasteiger partial charge in [0.15, 0.2) is 0 Å². The lowest BCUT2D eigenvalue weighted by Gasteiger charge is -2.07. The van der Waals surface area contributed by atoms with Crippen LogP contribution in [0.3, 0.4) is 0 Å². The van der Waals surface area contributed by atoms with Gasteiger partial charge in [0.25, 0.3) is 5.56 Å². The minimum Gasteiger partial charge on any atom is -0.462 e. The van der Waals surface area contributed by atoms with E-state index >= 15 is 0 Å². The molecule has 0 fully saturated rings. The number of ether oxygens (including phenoxy) is 1. The normalized spacial score (nSPS) is 10.6. The van der Waals surface area contributed by atoms with Gasteiger partial charge in [-0.15, -0.1) is 0 Å². The minimum absolute atomic E-state index is 0.243. The number of carbonyl (C=O) groups is 1. The first kappa shape index (κ1) is 15.7. The van der Waals surface area contributed by atoms with Crippen LogP contribution in [-0.4, -0.2) is 27.3 Å². The lowest BCUT2D eigenvalue weighted by Crippen LogP contribution is -2.12. The highest BCUT2D eigenvalue weighted by Gasteiger charge is 2.26. The standard InChI is InChI=1S/C18H17N3O3/c1-3-24-18(23)14-15(13-10-7-11-19-17(13)22)20-21(2)16(14)12-8-5-4-6-9-12/h4-11H,3H2,1-2H3,(H,19,22). The molecule has 0 aliphatic rings. The van der Waals surface area contributed by atoms with Gasteiger partial charge >= 0.3 is 5.97 Å². The number of nitrogens with one attached hydrogen (secondary N) is 1. The van der Waals surface area contributed by atoms with Gasteiger partial charge in [0, 0.05) is 18.8 Å². The third-order valence-electron chi connectivity index (χ3n) is 3.65. The van der Waals surface area contributed by atoms with Crippen LogP contribution in [0.1, 0.15) is 17.3 Å². The molecule has 0 amide bonds. The van der Waals surface area contributed by atoms with Crippen molar-refractivity contribution < 1.29 is 9.53 Å². The summed E-state index contributed by atoms with van der Waals surface area (Å²) in [5.41, 5.74) is 2.08. The molecule has 6 heteroatoms. The number of nitrogens with zero attached hydrogens (tertiary/aromatic N) is 2. The Bertz CT molecular complexity index is 926. The van der Waals surface area contributed by atoms with E-state index in [4.69, 9.17) is 4.74 Å². The maximum Gasteiger partial charge on any atom is 0.342 e. The van der Waals surface area contributed by atoms with Gasteiger partial charge in [-0.1, -0.05) is 30.3 Å². The number of aromatic nitrogens is 3. The molecule has 0 aliphatic heterocycles. The Balaban J connectivity index is 2.30. The highest BCUT2D eigenvalue weighted by atomic mass is 16.5. The van der Waals surface area contributed by atoms with Crippen molar-refractivity contribution in [3.05, 3.63) is 64.6 Å². The zero-order valence-corrected chi connectivity index (χ0v) is 13.4. The number of rotatable bonds is 4. The van der Waals surface area contributed by atoms with Crippen molar-refractivity contribution in [3.8, 4) is 22.5 Å². The van der Waals surface area contributed by atoms with Gasteiger partial charge in [0.1, 0.15) is 11.3 Å². The Morgan fingerprint density at radius 2 is 1.96 bits per heavy atom. The summed E-state index contributed by atoms with van der Waals surface area (Å²) >= 11 is 0. The molecule has 0 bridgehead atoms. The molecule has 0 saturated carbocycles. The first-order valence-corrected chi connectivity index (χ1v) is 7.61. The molecular formula is C18H17N3O3. The number of pyridine rings is 1. The van der Waals surface area contributed by atoms with Gasteiger partial charge in [0.2, 0.25) is 0 Å². The summed E-state index contributed by atoms with van der Waals surface area (Å²) in [6.45, 7) is 1.98. The zero-order chi connectivity index (χ0) is 17.1. The molecule has 6 nitrogen and oxygen atoms in total. The molecule has 24 heavy (non-hydrogen) atoms. The summed E-state index contributed by atoms with van der Waals surface area (Å²) in [6, 6.07) is 12.8. The van der Waals surface area contributed by atoms with Crippen molar-refractivity contribution in [2.75, 3.05) is 6.61 Å². The summed E-state index contributed by atoms with van der Waals surface area (Å²) in [7, 11) is 1.74. The third kappa shape index (κ3) is 2.74. The SMILES string of the molecule is CCOC(=O)c1c(-c2ccc[nH]c2=O)nn(C)c1-c1ccccc1. The van der Waals surface area contributed by atoms with Crippen LogP contribution in [0.15, 0.2) is 53.5 Å². The number of benzene rings is 1. The second-order valence-electron chi connectivity index (χ2n) is 5.20. The smallest absolute Gasteiger partial charge is 0.342 e. The fourth-order valence-electron chi connectivity index (χ4n) is 2.64. The number of carbonyl (C=O) groups excluding carboxylic acids is 1. The van der Waals surface area contributed by atoms with Crippen LogP contribution in [0.5, 0.6) is 0 Å². The Hall–Kier alpha value is -3.15. The molecule has 122 valence electrons. The summed E-state index contributed by atoms with van der Waals surface area (Å²) < 4.78 is 6.80. The zero-order valence-electron chi connectivity index (χ0n) is 13.4. The summed E-state index contributed by atoms with van der Waals surface area (Å²) in [5.74, 6) is -0.497. The van der Waals surface area contributed by atoms with Crippen molar-refractivity contribution in [1.82, 2.24) is 14.8 Å². The summed E-state index contributed by atoms with van der Waals surface area (Å²) in [4.78, 5) is 27.3. The van der Waals surface area contributed by atoms with Crippen LogP contribution in [0.2, 0.25) is 0 Å². The Kier molecular flexibility index (Phi) is 4.29. The highest BCUT2D eigenvalue weighted by Crippen LogP contribution is 2.31. The fourth-order valence-corrected chi connectivity index (χ4v) is 2.64. The van der Waals surface area contributed by atoms with E-state index in [1.54, 1.807) is 30.8 Å². The van der Waals surface area contributed by atoms with E-state index in [1.165, 1.54) is 6.20 Å². The Labute approximate surface area is 138 Å². The van der Waals surface area contributed by atoms with Crippen molar-refractivity contribution in [2.45, 2.75) is 6.92 Å². The quantitative estimate of drug-likeness (QED) is 0.749. The summed E-state index contributed by atoms with van der Waals surface area (Å²) in [5, 5.41) is 4.42. The van der Waals surface area contributed by atoms with Crippen LogP contribution >= 0.6 is 0 Å². The van der Waals surface area contributed by atoms with E-state index in [0.717, 1.165) is 5.56 Å². The fraction of sp³-hybridized carbons (Fsp3) is 0.167. The number of hydrogen-bond acceptors (Lipinski definition) is 4. The second-order valence-corrected chi connectivity index (χ2v) is 5.20. The van der Waals surface area contributed by atoms with Crippen molar-refractivity contribution in [1.29, 1.82) is 0 Å². The molecule has 1 N–H and O–H groups in total. The van der Waals surface area contributed by atoms with Crippen LogP contribution < -0.4 is 5.56 Å². The molecule has 2 heterocycles. The highest BCUT2D eigenvalue weighted by molar-refractivity contribution is 6.02. The lowest BCUT2D eigenvalue weighted by molar-refractivity contribution is 0.0528. The molecule has 0 unspecified atom stereocenters. The Morgan fingerprint density at radius 1 is 1.21 bits per heavy atom. The molecule has 0 aliphatic carbocycles. The van der Waals surface area contributed by atoms with Crippen LogP contribution in [0.25, 0.3) is 22.5 Å². The number of esters is 1. The largest absolute Gasteiger partial charge is 0.462 e. The number of H-pyrrole nitrogens is 1. The predicted molar refractivity (Wildman–Crippen MR) is 90.7 cm³/mol. The van der Waals surface area contributed by atoms with Gasteiger partial charge in [-0.2, -0.15) is 5.10 Å². The van der Waals surface area contributed by atoms with E-state index < -0.39 is 5.97 Å². The molecule has 0 spiro atoms. The van der Waals surface area contributed by atoms with Crippen molar-refractivity contribution >= 4 is 5.97 Å². The second kappa shape index (κ2) is 6.54. The lowest BCUT2D eigenvalue weighted by atomic mass is 10.0. The molecule has 3 aromatic rings. The van der Waals surface area contributed by atoms with Gasteiger partial charge in [-0.3, -0.25) is 9.48 Å². The molecule has 0 saturated heterocycles. The maximum absolute atomic E-state index is 12.6. The number of hydrogen-bond donors (Lipinski definition) is 1. The molecule has 1 aromatic carbocycles. The Morgan fingerprint density at radius 3 is 2.62 bits per heavy atom. The van der Waals surface area contributed by atoms with Gasteiger partial charge in [-0.05, 0) is 19.1 Å². The van der Waals surface area contributed by atoms with Crippen LogP contribution in [0.4, 0.5) is 0 Å². The third-order valence-corrected chi connectivity index (χ3v) is 3.65. The van der Waals surface area contributed by atoms with Crippen molar-refractivity contribution in [3.63, 3.8) is 0 Å². The van der Waals surface area contributed by atoms with E-state index in [2.05, 4.69) is 10.1 Å². The first-order valence-electron chi connectivity index (χ1n) is 7.61. The predicted octanol–water partition coefficient (Wildman–Crippen LogP) is 2.62. The molecular weight excluding hydrogens is 306 g/mol. The molecule has 3 rings (SSSR count). The van der Waals surface area contributed by atoms with Crippen LogP contribution in [0, 0.1) is 0 Å². The average molecular weight is 323 g/mol. The molecule has 0 radical (unpaired) electrons. The van der Waals surface area contributed by atoms with E-state index in [1.807, 2.05) is 30.3 Å². The van der Waals surface area contributed by atoms with Gasteiger partial charge in [0.05, 0.1) is 17.9 Å². The minimum atomic E-state index is -0.497. The molecule has 2 aromatic heterocycles. The van der Waals surface area contributed by atoms with E-state index in [9.17, 15) is 9.59 Å². The summed E-state index contributed by atoms with van der Waals surface area (Å²) in [6.07, 6.45) is 1.54. The van der Waals surface area contributed by atoms with Gasteiger partial charge < -0.3 is 9.72 Å². The maximum atomic E-state index is 12.6. The van der Waals surface area contributed by atoms with Crippen molar-refractivity contribution in [2.24, 2.45) is 7.05 Å².